The van der Waals surface area contributed by atoms with Crippen LogP contribution in [-0.2, 0) is 57.0 Å². The monoisotopic (exact) mass is 1130 g/mol. The van der Waals surface area contributed by atoms with Gasteiger partial charge in [0.15, 0.2) is 25.2 Å². The fourth-order valence-electron chi connectivity index (χ4n) is 14.9. The van der Waals surface area contributed by atoms with Crippen molar-refractivity contribution in [2.24, 2.45) is 28.1 Å². The van der Waals surface area contributed by atoms with Gasteiger partial charge in [-0.15, -0.1) is 0 Å². The number of carbonyl (C=O) groups excluding carboxylic acids is 2. The molecule has 4 aliphatic carbocycles. The molecule has 28 nitrogen and oxygen atoms in total. The lowest BCUT2D eigenvalue weighted by Gasteiger charge is -2.64. The Hall–Kier alpha value is -2.12. The number of ketones is 1. The molecule has 9 rings (SSSR count). The van der Waals surface area contributed by atoms with Crippen LogP contribution in [0.15, 0.2) is 12.2 Å². The molecule has 9 aliphatic rings. The molecule has 28 heteroatoms. The first kappa shape index (κ1) is 60.5. The van der Waals surface area contributed by atoms with Crippen molar-refractivity contribution in [3.8, 4) is 0 Å². The topological polar surface area (TPSA) is 450 Å². The summed E-state index contributed by atoms with van der Waals surface area (Å²) in [6.07, 6.45) is -38.4. The standard InChI is InChI=1S/C50H78O28/c1-18-11-49-9-5-24-47(2,7-4-8-48(24,3)46(68)77-44-37(67)33(63)38(23(16-55)73-44)74-41-34(64)30(60)26(56)19(12-51)69-41)25(49)6-10-50(18,17-49)78-45-40(76-43-36(66)32(62)28(58)21(14-53)71-43)39(29(59)22(15-54)72-45)75-42-35(65)31(61)27(57)20(13-52)70-42/h19-36,38-45,51-66H,1,4-17H2,2-3H3/t19?,20?,21?,22?,23?,24-,25-,26?,27?,28?,29?,30?,31?,32?,33?,34?,35?,36?,38?,39?,40?,41?,42?,43?,44?,45?,47+,48?,49+,50-/m0/s1. The first-order valence-corrected chi connectivity index (χ1v) is 26.8. The first-order chi connectivity index (χ1) is 36.9. The maximum absolute atomic E-state index is 14.6. The van der Waals surface area contributed by atoms with Gasteiger partial charge in [0.2, 0.25) is 5.78 Å². The molecule has 5 saturated heterocycles. The molecule has 0 aromatic heterocycles. The molecule has 9 fully saturated rings. The van der Waals surface area contributed by atoms with Crippen LogP contribution in [0.1, 0.15) is 71.6 Å². The van der Waals surface area contributed by atoms with Crippen molar-refractivity contribution in [3.63, 3.8) is 0 Å². The fraction of sp³-hybridized carbons (Fsp3) is 0.920. The summed E-state index contributed by atoms with van der Waals surface area (Å²) in [7, 11) is 0. The molecule has 30 atom stereocenters. The normalized spacial score (nSPS) is 53.6. The summed E-state index contributed by atoms with van der Waals surface area (Å²) < 4.78 is 59.5. The van der Waals surface area contributed by atoms with E-state index >= 15 is 0 Å². The van der Waals surface area contributed by atoms with Gasteiger partial charge in [0, 0.05) is 0 Å². The maximum Gasteiger partial charge on any atom is 0.314 e. The molecule has 0 radical (unpaired) electrons. The van der Waals surface area contributed by atoms with Crippen molar-refractivity contribution in [1.82, 2.24) is 0 Å². The number of rotatable bonds is 15. The van der Waals surface area contributed by atoms with Gasteiger partial charge in [-0.1, -0.05) is 19.9 Å². The quantitative estimate of drug-likeness (QED) is 0.0412. The first-order valence-electron chi connectivity index (χ1n) is 26.8. The molecule has 4 saturated carbocycles. The minimum Gasteiger partial charge on any atom is -0.427 e. The number of hydrogen-bond acceptors (Lipinski definition) is 28. The highest BCUT2D eigenvalue weighted by Crippen LogP contribution is 2.74. The van der Waals surface area contributed by atoms with Crippen LogP contribution in [0.4, 0.5) is 0 Å². The molecule has 0 amide bonds. The van der Waals surface area contributed by atoms with E-state index in [9.17, 15) is 91.3 Å². The van der Waals surface area contributed by atoms with Crippen molar-refractivity contribution in [3.05, 3.63) is 12.2 Å². The number of ether oxygens (including phenoxy) is 10. The second-order valence-corrected chi connectivity index (χ2v) is 23.4. The predicted octanol–water partition coefficient (Wildman–Crippen LogP) is -7.08. The lowest BCUT2D eigenvalue weighted by Crippen LogP contribution is -2.68. The molecular weight excluding hydrogens is 1050 g/mol. The number of Topliss-reactive ketones (excluding diaryl/α,β-unsaturated/α-hetero) is 1. The Morgan fingerprint density at radius 3 is 1.51 bits per heavy atom. The van der Waals surface area contributed by atoms with E-state index in [1.54, 1.807) is 6.92 Å². The summed E-state index contributed by atoms with van der Waals surface area (Å²) in [6.45, 7) is 4.22. The molecule has 446 valence electrons. The molecule has 16 N–H and O–H groups in total. The lowest BCUT2D eigenvalue weighted by molar-refractivity contribution is -0.400. The van der Waals surface area contributed by atoms with Crippen LogP contribution >= 0.6 is 0 Å². The van der Waals surface area contributed by atoms with Gasteiger partial charge in [-0.2, -0.15) is 0 Å². The highest BCUT2D eigenvalue weighted by atomic mass is 16.8. The summed E-state index contributed by atoms with van der Waals surface area (Å²) in [4.78, 5) is 28.3. The molecule has 25 unspecified atom stereocenters. The summed E-state index contributed by atoms with van der Waals surface area (Å²) in [5.41, 5.74) is -2.80. The van der Waals surface area contributed by atoms with E-state index in [4.69, 9.17) is 47.4 Å². The van der Waals surface area contributed by atoms with Gasteiger partial charge in [0.25, 0.3) is 6.29 Å². The fourth-order valence-corrected chi connectivity index (χ4v) is 14.9. The average Bonchev–Trinajstić information content (AvgIpc) is 3.78. The van der Waals surface area contributed by atoms with Crippen LogP contribution in [0, 0.1) is 28.1 Å². The van der Waals surface area contributed by atoms with Crippen LogP contribution in [0.2, 0.25) is 0 Å². The summed E-state index contributed by atoms with van der Waals surface area (Å²) >= 11 is 0. The molecule has 5 aliphatic heterocycles. The smallest absolute Gasteiger partial charge is 0.314 e. The van der Waals surface area contributed by atoms with Gasteiger partial charge >= 0.3 is 5.97 Å². The maximum atomic E-state index is 14.6. The summed E-state index contributed by atoms with van der Waals surface area (Å²) in [5, 5.41) is 169. The molecule has 2 bridgehead atoms. The van der Waals surface area contributed by atoms with Crippen molar-refractivity contribution >= 4 is 11.8 Å². The summed E-state index contributed by atoms with van der Waals surface area (Å²) in [6, 6.07) is 0. The van der Waals surface area contributed by atoms with Crippen molar-refractivity contribution in [2.45, 2.75) is 225 Å². The van der Waals surface area contributed by atoms with Crippen molar-refractivity contribution in [1.29, 1.82) is 0 Å². The second-order valence-electron chi connectivity index (χ2n) is 23.4. The van der Waals surface area contributed by atoms with Gasteiger partial charge in [0.05, 0.1) is 44.1 Å². The number of carbonyl (C=O) groups is 2. The molecular formula is C50H78O28. The van der Waals surface area contributed by atoms with Gasteiger partial charge in [0.1, 0.15) is 116 Å². The van der Waals surface area contributed by atoms with E-state index < -0.39 is 214 Å². The number of hydrogen-bond donors (Lipinski definition) is 16. The van der Waals surface area contributed by atoms with Crippen LogP contribution in [0.5, 0.6) is 0 Å². The highest BCUT2D eigenvalue weighted by molar-refractivity contribution is 5.90. The molecule has 0 aromatic carbocycles. The Kier molecular flexibility index (Phi) is 17.9. The summed E-state index contributed by atoms with van der Waals surface area (Å²) in [5.74, 6) is -2.32. The van der Waals surface area contributed by atoms with Crippen LogP contribution < -0.4 is 0 Å². The molecule has 1 spiro atoms. The van der Waals surface area contributed by atoms with E-state index in [1.165, 1.54) is 0 Å². The van der Waals surface area contributed by atoms with E-state index in [2.05, 4.69) is 13.5 Å². The third kappa shape index (κ3) is 10.2. The molecule has 5 heterocycles. The van der Waals surface area contributed by atoms with Crippen LogP contribution in [0.3, 0.4) is 0 Å². The number of aliphatic hydroxyl groups is 16. The Morgan fingerprint density at radius 1 is 0.538 bits per heavy atom. The largest absolute Gasteiger partial charge is 0.427 e. The van der Waals surface area contributed by atoms with E-state index in [-0.39, 0.29) is 11.8 Å². The average molecular weight is 1130 g/mol. The number of aliphatic hydroxyl groups excluding tert-OH is 16. The highest BCUT2D eigenvalue weighted by Gasteiger charge is 2.70. The zero-order chi connectivity index (χ0) is 56.7. The van der Waals surface area contributed by atoms with Gasteiger partial charge < -0.3 is 129 Å². The second kappa shape index (κ2) is 23.1. The van der Waals surface area contributed by atoms with E-state index in [0.717, 1.165) is 0 Å². The van der Waals surface area contributed by atoms with Gasteiger partial charge in [-0.25, -0.2) is 0 Å². The number of fused-ring (bicyclic) bond motifs is 3. The molecule has 78 heavy (non-hydrogen) atoms. The molecule has 0 aromatic rings. The third-order valence-corrected chi connectivity index (χ3v) is 19.0. The minimum absolute atomic E-state index is 0.0663. The van der Waals surface area contributed by atoms with Crippen molar-refractivity contribution < 1.29 is 139 Å². The Bertz CT molecular complexity index is 2120. The van der Waals surface area contributed by atoms with E-state index in [1.807, 2.05) is 0 Å². The minimum atomic E-state index is -2.10. The zero-order valence-electron chi connectivity index (χ0n) is 43.2. The SMILES string of the molecule is C=C1C[C@@]23CC[C@@H]4C(C)(C(=O)OC5OC(CO)C(OC6OC(CO)C(O)C(O)C6O)C(O)C5=O)CCC[C@@]4(C)[C@@H]2CC[C@]1(OC1OC(CO)C(O)C(OC2OC(CO)C(O)C(O)C2O)C1OC1OC(CO)C(O)C(O)C1O)C3. The van der Waals surface area contributed by atoms with Crippen molar-refractivity contribution in [2.75, 3.05) is 33.0 Å². The van der Waals surface area contributed by atoms with Crippen LogP contribution in [0.25, 0.3) is 0 Å². The number of esters is 1. The Balaban J connectivity index is 0.936. The zero-order valence-corrected chi connectivity index (χ0v) is 43.2. The Labute approximate surface area is 447 Å². The predicted molar refractivity (Wildman–Crippen MR) is 251 cm³/mol. The van der Waals surface area contributed by atoms with Gasteiger partial charge in [-0.3, -0.25) is 9.59 Å². The Morgan fingerprint density at radius 2 is 1.00 bits per heavy atom. The van der Waals surface area contributed by atoms with E-state index in [0.29, 0.717) is 63.4 Å². The van der Waals surface area contributed by atoms with Gasteiger partial charge in [-0.05, 0) is 86.5 Å². The van der Waals surface area contributed by atoms with Crippen LogP contribution in [-0.4, -0.2) is 280 Å². The third-order valence-electron chi connectivity index (χ3n) is 19.0. The lowest BCUT2D eigenvalue weighted by atomic mass is 9.41.